The van der Waals surface area contributed by atoms with E-state index >= 15 is 0 Å². The highest BCUT2D eigenvalue weighted by Gasteiger charge is 2.18. The zero-order valence-electron chi connectivity index (χ0n) is 11.2. The Bertz CT molecular complexity index is 777. The molecule has 1 atom stereocenters. The average molecular weight is 296 g/mol. The second-order valence-corrected chi connectivity index (χ2v) is 6.87. The fourth-order valence-electron chi connectivity index (χ4n) is 2.16. The lowest BCUT2D eigenvalue weighted by atomic mass is 10.0. The summed E-state index contributed by atoms with van der Waals surface area (Å²) in [5.41, 5.74) is 7.86. The molecule has 7 heteroatoms. The van der Waals surface area contributed by atoms with E-state index in [-0.39, 0.29) is 11.3 Å². The first kappa shape index (κ1) is 14.5. The van der Waals surface area contributed by atoms with Gasteiger partial charge < -0.3 is 15.8 Å². The number of nitrogens with one attached hydrogen (secondary N) is 1. The molecule has 0 aliphatic carbocycles. The van der Waals surface area contributed by atoms with E-state index in [4.69, 9.17) is 10.8 Å². The summed E-state index contributed by atoms with van der Waals surface area (Å²) in [5, 5.41) is 9.59. The number of aromatic nitrogens is 1. The first-order chi connectivity index (χ1) is 9.20. The summed E-state index contributed by atoms with van der Waals surface area (Å²) in [6.07, 6.45) is 1.28. The van der Waals surface area contributed by atoms with Crippen LogP contribution in [-0.4, -0.2) is 36.8 Å². The van der Waals surface area contributed by atoms with Crippen molar-refractivity contribution >= 4 is 26.7 Å². The van der Waals surface area contributed by atoms with Gasteiger partial charge in [0.05, 0.1) is 4.90 Å². The summed E-state index contributed by atoms with van der Waals surface area (Å²) in [6.45, 7) is 1.81. The quantitative estimate of drug-likeness (QED) is 0.773. The van der Waals surface area contributed by atoms with E-state index in [2.05, 4.69) is 4.98 Å². The van der Waals surface area contributed by atoms with Gasteiger partial charge in [0.2, 0.25) is 0 Å². The number of nitrogens with two attached hydrogens (primary N) is 1. The Hall–Kier alpha value is -1.86. The minimum absolute atomic E-state index is 0.147. The number of aromatic amines is 1. The van der Waals surface area contributed by atoms with E-state index in [9.17, 15) is 13.2 Å². The van der Waals surface area contributed by atoms with Crippen LogP contribution in [0.15, 0.2) is 23.1 Å². The molecule has 2 rings (SSSR count). The maximum Gasteiger partial charge on any atom is 0.320 e. The predicted octanol–water partition coefficient (Wildman–Crippen LogP) is 0.834. The molecule has 0 fully saturated rings. The molecule has 1 unspecified atom stereocenters. The maximum absolute atomic E-state index is 11.6. The van der Waals surface area contributed by atoms with Crippen molar-refractivity contribution in [2.75, 3.05) is 6.26 Å². The van der Waals surface area contributed by atoms with Crippen molar-refractivity contribution in [3.8, 4) is 0 Å². The van der Waals surface area contributed by atoms with Crippen LogP contribution < -0.4 is 5.73 Å². The lowest BCUT2D eigenvalue weighted by molar-refractivity contribution is -0.138. The Morgan fingerprint density at radius 2 is 2.10 bits per heavy atom. The topological polar surface area (TPSA) is 113 Å². The van der Waals surface area contributed by atoms with E-state index in [1.165, 1.54) is 6.07 Å². The van der Waals surface area contributed by atoms with Crippen LogP contribution in [0.5, 0.6) is 0 Å². The van der Waals surface area contributed by atoms with Gasteiger partial charge in [-0.3, -0.25) is 4.79 Å². The molecule has 0 saturated heterocycles. The molecule has 0 amide bonds. The van der Waals surface area contributed by atoms with Gasteiger partial charge in [-0.1, -0.05) is 0 Å². The van der Waals surface area contributed by atoms with Crippen LogP contribution in [-0.2, 0) is 21.1 Å². The van der Waals surface area contributed by atoms with Crippen molar-refractivity contribution in [1.29, 1.82) is 0 Å². The molecule has 0 bridgehead atoms. The summed E-state index contributed by atoms with van der Waals surface area (Å²) in [7, 11) is -3.31. The number of aliphatic carboxylic acids is 1. The molecule has 1 aromatic heterocycles. The van der Waals surface area contributed by atoms with Crippen LogP contribution in [0.25, 0.3) is 10.9 Å². The number of hydrogen-bond acceptors (Lipinski definition) is 4. The largest absolute Gasteiger partial charge is 0.480 e. The molecule has 0 spiro atoms. The Kier molecular flexibility index (Phi) is 3.58. The van der Waals surface area contributed by atoms with E-state index in [0.29, 0.717) is 5.39 Å². The van der Waals surface area contributed by atoms with Crippen LogP contribution >= 0.6 is 0 Å². The molecule has 20 heavy (non-hydrogen) atoms. The summed E-state index contributed by atoms with van der Waals surface area (Å²) in [4.78, 5) is 14.2. The van der Waals surface area contributed by atoms with E-state index in [1.807, 2.05) is 6.92 Å². The molecular formula is C13H16N2O4S. The SMILES string of the molecule is Cc1[nH]c2ccc(S(C)(=O)=O)cc2c1CC(N)C(=O)O. The number of carbonyl (C=O) groups is 1. The van der Waals surface area contributed by atoms with E-state index in [0.717, 1.165) is 23.0 Å². The Balaban J connectivity index is 2.59. The van der Waals surface area contributed by atoms with Gasteiger partial charge in [-0.15, -0.1) is 0 Å². The summed E-state index contributed by atoms with van der Waals surface area (Å²) >= 11 is 0. The van der Waals surface area contributed by atoms with Crippen molar-refractivity contribution in [1.82, 2.24) is 4.98 Å². The summed E-state index contributed by atoms with van der Waals surface area (Å²) in [6, 6.07) is 3.73. The molecule has 2 aromatic rings. The van der Waals surface area contributed by atoms with Crippen molar-refractivity contribution < 1.29 is 18.3 Å². The number of carboxylic acid groups (broad SMARTS) is 1. The van der Waals surface area contributed by atoms with Gasteiger partial charge in [-0.05, 0) is 30.7 Å². The van der Waals surface area contributed by atoms with E-state index in [1.54, 1.807) is 12.1 Å². The first-order valence-electron chi connectivity index (χ1n) is 6.00. The van der Waals surface area contributed by atoms with Gasteiger partial charge in [0.25, 0.3) is 0 Å². The lowest BCUT2D eigenvalue weighted by Crippen LogP contribution is -2.32. The fourth-order valence-corrected chi connectivity index (χ4v) is 2.81. The molecule has 4 N–H and O–H groups in total. The van der Waals surface area contributed by atoms with Gasteiger partial charge in [-0.2, -0.15) is 0 Å². The lowest BCUT2D eigenvalue weighted by Gasteiger charge is -2.07. The minimum Gasteiger partial charge on any atom is -0.480 e. The first-order valence-corrected chi connectivity index (χ1v) is 7.89. The molecule has 0 saturated carbocycles. The standard InChI is InChI=1S/C13H16N2O4S/c1-7-9(6-11(14)13(16)17)10-5-8(20(2,18)19)3-4-12(10)15-7/h3-5,11,15H,6,14H2,1-2H3,(H,16,17). The highest BCUT2D eigenvalue weighted by Crippen LogP contribution is 2.26. The average Bonchev–Trinajstić information content (AvgIpc) is 2.64. The van der Waals surface area contributed by atoms with Gasteiger partial charge in [0.15, 0.2) is 9.84 Å². The van der Waals surface area contributed by atoms with Crippen LogP contribution in [0.2, 0.25) is 0 Å². The molecule has 0 aliphatic heterocycles. The number of fused-ring (bicyclic) bond motifs is 1. The number of benzene rings is 1. The Morgan fingerprint density at radius 3 is 2.65 bits per heavy atom. The van der Waals surface area contributed by atoms with E-state index < -0.39 is 21.8 Å². The number of rotatable bonds is 4. The summed E-state index contributed by atoms with van der Waals surface area (Å²) < 4.78 is 23.2. The third-order valence-corrected chi connectivity index (χ3v) is 4.37. The zero-order valence-corrected chi connectivity index (χ0v) is 12.0. The molecule has 0 aliphatic rings. The Morgan fingerprint density at radius 1 is 1.45 bits per heavy atom. The van der Waals surface area contributed by atoms with Crippen LogP contribution in [0, 0.1) is 6.92 Å². The summed E-state index contributed by atoms with van der Waals surface area (Å²) in [5.74, 6) is -1.09. The predicted molar refractivity (Wildman–Crippen MR) is 75.5 cm³/mol. The second-order valence-electron chi connectivity index (χ2n) is 4.86. The van der Waals surface area contributed by atoms with Crippen molar-refractivity contribution in [2.24, 2.45) is 5.73 Å². The van der Waals surface area contributed by atoms with Crippen molar-refractivity contribution in [3.05, 3.63) is 29.5 Å². The fraction of sp³-hybridized carbons (Fsp3) is 0.308. The minimum atomic E-state index is -3.31. The zero-order chi connectivity index (χ0) is 15.1. The molecular weight excluding hydrogens is 280 g/mol. The number of carboxylic acids is 1. The highest BCUT2D eigenvalue weighted by atomic mass is 32.2. The Labute approximate surface area is 116 Å². The monoisotopic (exact) mass is 296 g/mol. The molecule has 1 heterocycles. The number of sulfone groups is 1. The van der Waals surface area contributed by atoms with Gasteiger partial charge in [-0.25, -0.2) is 8.42 Å². The van der Waals surface area contributed by atoms with Gasteiger partial charge in [0.1, 0.15) is 6.04 Å². The molecule has 1 aromatic carbocycles. The van der Waals surface area contributed by atoms with Crippen LogP contribution in [0.4, 0.5) is 0 Å². The third kappa shape index (κ3) is 2.68. The molecule has 108 valence electrons. The van der Waals surface area contributed by atoms with Gasteiger partial charge >= 0.3 is 5.97 Å². The third-order valence-electron chi connectivity index (χ3n) is 3.26. The highest BCUT2D eigenvalue weighted by molar-refractivity contribution is 7.90. The second kappa shape index (κ2) is 4.92. The van der Waals surface area contributed by atoms with Crippen LogP contribution in [0.3, 0.4) is 0 Å². The smallest absolute Gasteiger partial charge is 0.320 e. The number of aryl methyl sites for hydroxylation is 1. The molecule has 6 nitrogen and oxygen atoms in total. The normalized spacial score (nSPS) is 13.6. The molecule has 0 radical (unpaired) electrons. The van der Waals surface area contributed by atoms with Crippen LogP contribution in [0.1, 0.15) is 11.3 Å². The maximum atomic E-state index is 11.6. The van der Waals surface area contributed by atoms with Gasteiger partial charge in [0, 0.05) is 29.3 Å². The van der Waals surface area contributed by atoms with Crippen molar-refractivity contribution in [2.45, 2.75) is 24.3 Å². The van der Waals surface area contributed by atoms with Crippen molar-refractivity contribution in [3.63, 3.8) is 0 Å². The number of hydrogen-bond donors (Lipinski definition) is 3. The number of H-pyrrole nitrogens is 1.